The summed E-state index contributed by atoms with van der Waals surface area (Å²) in [5.41, 5.74) is 2.10. The average Bonchev–Trinajstić information content (AvgIpc) is 2.92. The summed E-state index contributed by atoms with van der Waals surface area (Å²) in [5.74, 6) is 0.643. The molecule has 0 bridgehead atoms. The van der Waals surface area contributed by atoms with E-state index in [2.05, 4.69) is 20.7 Å². The summed E-state index contributed by atoms with van der Waals surface area (Å²) in [6, 6.07) is 5.97. The van der Waals surface area contributed by atoms with Gasteiger partial charge in [-0.3, -0.25) is 0 Å². The molecule has 0 aromatic heterocycles. The zero-order valence-corrected chi connectivity index (χ0v) is 23.1. The molecule has 4 atom stereocenters. The van der Waals surface area contributed by atoms with E-state index < -0.39 is 6.09 Å². The highest BCUT2D eigenvalue weighted by Crippen LogP contribution is 2.35. The molecule has 10 heteroatoms. The van der Waals surface area contributed by atoms with Gasteiger partial charge in [-0.05, 0) is 75.3 Å². The molecule has 3 amide bonds. The Morgan fingerprint density at radius 2 is 2.08 bits per heavy atom. The zero-order chi connectivity index (χ0) is 26.6. The van der Waals surface area contributed by atoms with Gasteiger partial charge in [-0.25, -0.2) is 9.59 Å². The number of hydrogen-bond donors (Lipinski definition) is 3. The topological polar surface area (TPSA) is 101 Å². The number of nitrogens with zero attached hydrogens (tertiary/aromatic N) is 1. The molecule has 3 N–H and O–H groups in total. The van der Waals surface area contributed by atoms with Gasteiger partial charge < -0.3 is 35.1 Å². The van der Waals surface area contributed by atoms with Gasteiger partial charge in [0.1, 0.15) is 0 Å². The Labute approximate surface area is 225 Å². The first-order valence-electron chi connectivity index (χ1n) is 13.4. The lowest BCUT2D eigenvalue weighted by atomic mass is 9.86. The van der Waals surface area contributed by atoms with Crippen LogP contribution in [0, 0.1) is 18.8 Å². The van der Waals surface area contributed by atoms with Gasteiger partial charge in [0, 0.05) is 56.4 Å². The third-order valence-corrected chi connectivity index (χ3v) is 7.59. The number of piperidine rings is 1. The molecule has 208 valence electrons. The van der Waals surface area contributed by atoms with Gasteiger partial charge in [0.15, 0.2) is 0 Å². The van der Waals surface area contributed by atoms with Crippen LogP contribution in [-0.2, 0) is 14.2 Å². The van der Waals surface area contributed by atoms with E-state index in [0.717, 1.165) is 50.0 Å². The van der Waals surface area contributed by atoms with Crippen LogP contribution in [0.5, 0.6) is 0 Å². The highest BCUT2D eigenvalue weighted by molar-refractivity contribution is 6.30. The van der Waals surface area contributed by atoms with Crippen LogP contribution in [-0.4, -0.2) is 83.2 Å². The first kappa shape index (κ1) is 29.5. The van der Waals surface area contributed by atoms with Crippen molar-refractivity contribution in [2.45, 2.75) is 51.2 Å². The predicted octanol–water partition coefficient (Wildman–Crippen LogP) is 3.89. The number of rotatable bonds is 11. The Balaban J connectivity index is 1.60. The Hall–Kier alpha value is -2.07. The first-order valence-corrected chi connectivity index (χ1v) is 13.8. The number of alkyl carbamates (subject to hydrolysis) is 1. The third-order valence-electron chi connectivity index (χ3n) is 7.36. The minimum absolute atomic E-state index is 0.0428. The summed E-state index contributed by atoms with van der Waals surface area (Å²) < 4.78 is 16.6. The molecule has 9 nitrogen and oxygen atoms in total. The van der Waals surface area contributed by atoms with Crippen LogP contribution in [0.1, 0.15) is 49.3 Å². The monoisotopic (exact) mass is 538 g/mol. The highest BCUT2D eigenvalue weighted by Gasteiger charge is 2.32. The van der Waals surface area contributed by atoms with Crippen molar-refractivity contribution in [3.05, 3.63) is 34.3 Å². The van der Waals surface area contributed by atoms with E-state index in [0.29, 0.717) is 43.7 Å². The van der Waals surface area contributed by atoms with E-state index in [1.807, 2.05) is 37.1 Å². The van der Waals surface area contributed by atoms with Crippen LogP contribution in [0.25, 0.3) is 0 Å². The third kappa shape index (κ3) is 9.32. The van der Waals surface area contributed by atoms with Crippen LogP contribution in [0.4, 0.5) is 9.59 Å². The normalized spacial score (nSPS) is 21.7. The number of carbonyl (C=O) groups excluding carboxylic acids is 2. The molecule has 1 aromatic rings. The smallest absolute Gasteiger partial charge is 0.406 e. The Bertz CT molecular complexity index is 867. The average molecular weight is 539 g/mol. The van der Waals surface area contributed by atoms with Crippen molar-refractivity contribution in [2.24, 2.45) is 11.8 Å². The van der Waals surface area contributed by atoms with E-state index in [1.54, 1.807) is 0 Å². The zero-order valence-electron chi connectivity index (χ0n) is 22.4. The van der Waals surface area contributed by atoms with Crippen molar-refractivity contribution < 1.29 is 23.8 Å². The van der Waals surface area contributed by atoms with Crippen LogP contribution in [0.2, 0.25) is 5.02 Å². The summed E-state index contributed by atoms with van der Waals surface area (Å²) >= 11 is 6.34. The molecule has 2 saturated heterocycles. The van der Waals surface area contributed by atoms with E-state index in [4.69, 9.17) is 21.1 Å². The van der Waals surface area contributed by atoms with Crippen molar-refractivity contribution in [1.82, 2.24) is 20.9 Å². The maximum absolute atomic E-state index is 13.1. The SMILES string of the molecule is CN[C@H](CNC(=O)N1CCC[C@@H]([C@@H](OCCNC(=O)OC)c2cc(Cl)ccc2C)C1)C[C@H]1CCCOC1. The summed E-state index contributed by atoms with van der Waals surface area (Å²) in [6.07, 6.45) is 4.37. The van der Waals surface area contributed by atoms with Crippen molar-refractivity contribution in [3.8, 4) is 0 Å². The number of ether oxygens (including phenoxy) is 3. The number of urea groups is 1. The molecule has 37 heavy (non-hydrogen) atoms. The fourth-order valence-corrected chi connectivity index (χ4v) is 5.45. The molecule has 1 aromatic carbocycles. The minimum atomic E-state index is -0.490. The number of aryl methyl sites for hydroxylation is 1. The number of nitrogens with one attached hydrogen (secondary N) is 3. The fourth-order valence-electron chi connectivity index (χ4n) is 5.27. The van der Waals surface area contributed by atoms with E-state index in [-0.39, 0.29) is 24.1 Å². The molecule has 0 unspecified atom stereocenters. The minimum Gasteiger partial charge on any atom is -0.453 e. The van der Waals surface area contributed by atoms with E-state index in [1.165, 1.54) is 13.5 Å². The van der Waals surface area contributed by atoms with Gasteiger partial charge in [-0.15, -0.1) is 0 Å². The summed E-state index contributed by atoms with van der Waals surface area (Å²) in [4.78, 5) is 26.5. The Morgan fingerprint density at radius 3 is 2.81 bits per heavy atom. The van der Waals surface area contributed by atoms with Gasteiger partial charge >= 0.3 is 12.1 Å². The van der Waals surface area contributed by atoms with Gasteiger partial charge in [0.2, 0.25) is 0 Å². The van der Waals surface area contributed by atoms with Gasteiger partial charge in [0.25, 0.3) is 0 Å². The number of likely N-dealkylation sites (tertiary alicyclic amines) is 1. The maximum atomic E-state index is 13.1. The van der Waals surface area contributed by atoms with Gasteiger partial charge in [0.05, 0.1) is 19.8 Å². The van der Waals surface area contributed by atoms with Crippen LogP contribution in [0.15, 0.2) is 18.2 Å². The quantitative estimate of drug-likeness (QED) is 0.370. The number of halogens is 1. The molecule has 2 aliphatic rings. The van der Waals surface area contributed by atoms with Crippen molar-refractivity contribution in [3.63, 3.8) is 0 Å². The molecule has 0 spiro atoms. The maximum Gasteiger partial charge on any atom is 0.406 e. The van der Waals surface area contributed by atoms with E-state index in [9.17, 15) is 9.59 Å². The summed E-state index contributed by atoms with van der Waals surface area (Å²) in [7, 11) is 3.28. The lowest BCUT2D eigenvalue weighted by Gasteiger charge is -2.38. The number of likely N-dealkylation sites (N-methyl/N-ethyl adjacent to an activating group) is 1. The standard InChI is InChI=1S/C27H43ClN4O5/c1-19-8-9-22(28)15-24(19)25(37-13-10-30-27(34)35-3)21-7-4-11-32(17-21)26(33)31-16-23(29-2)14-20-6-5-12-36-18-20/h8-9,15,20-21,23,25,29H,4-7,10-14,16-18H2,1-3H3,(H,30,34)(H,31,33)/t20-,21-,23+,25-/m1/s1. The first-order chi connectivity index (χ1) is 17.9. The Morgan fingerprint density at radius 1 is 1.24 bits per heavy atom. The summed E-state index contributed by atoms with van der Waals surface area (Å²) in [5, 5.41) is 9.80. The molecule has 2 fully saturated rings. The molecule has 3 rings (SSSR count). The van der Waals surface area contributed by atoms with Gasteiger partial charge in [-0.2, -0.15) is 0 Å². The molecular weight excluding hydrogens is 496 g/mol. The predicted molar refractivity (Wildman–Crippen MR) is 144 cm³/mol. The van der Waals surface area contributed by atoms with Crippen LogP contribution < -0.4 is 16.0 Å². The van der Waals surface area contributed by atoms with Crippen LogP contribution >= 0.6 is 11.6 Å². The lowest BCUT2D eigenvalue weighted by molar-refractivity contribution is -0.00885. The van der Waals surface area contributed by atoms with Gasteiger partial charge in [-0.1, -0.05) is 17.7 Å². The van der Waals surface area contributed by atoms with Crippen LogP contribution in [0.3, 0.4) is 0 Å². The molecule has 0 radical (unpaired) electrons. The van der Waals surface area contributed by atoms with Crippen molar-refractivity contribution in [1.29, 1.82) is 0 Å². The van der Waals surface area contributed by atoms with Crippen molar-refractivity contribution in [2.75, 3.05) is 60.2 Å². The number of carbonyl (C=O) groups is 2. The number of hydrogen-bond acceptors (Lipinski definition) is 6. The molecule has 0 saturated carbocycles. The number of amides is 3. The molecule has 2 heterocycles. The fraction of sp³-hybridized carbons (Fsp3) is 0.704. The number of benzene rings is 1. The Kier molecular flexibility index (Phi) is 12.2. The lowest BCUT2D eigenvalue weighted by Crippen LogP contribution is -2.50. The van der Waals surface area contributed by atoms with Crippen molar-refractivity contribution >= 4 is 23.7 Å². The second-order valence-electron chi connectivity index (χ2n) is 10.0. The molecule has 2 aliphatic heterocycles. The largest absolute Gasteiger partial charge is 0.453 e. The second kappa shape index (κ2) is 15.4. The molecular formula is C27H43ClN4O5. The highest BCUT2D eigenvalue weighted by atomic mass is 35.5. The second-order valence-corrected chi connectivity index (χ2v) is 10.5. The van der Waals surface area contributed by atoms with E-state index >= 15 is 0 Å². The number of methoxy groups -OCH3 is 1. The summed E-state index contributed by atoms with van der Waals surface area (Å²) in [6.45, 7) is 6.24. The molecule has 0 aliphatic carbocycles.